The van der Waals surface area contributed by atoms with Crippen LogP contribution >= 0.6 is 0 Å². The number of aliphatic carboxylic acids is 1. The molecule has 0 saturated carbocycles. The van der Waals surface area contributed by atoms with Gasteiger partial charge in [0.15, 0.2) is 0 Å². The molecule has 0 amide bonds. The van der Waals surface area contributed by atoms with E-state index in [1.165, 1.54) is 109 Å². The molecule has 0 aromatic carbocycles. The summed E-state index contributed by atoms with van der Waals surface area (Å²) in [7, 11) is 0. The Kier molecular flexibility index (Phi) is 21.8. The highest BCUT2D eigenvalue weighted by Crippen LogP contribution is 2.20. The van der Waals surface area contributed by atoms with Gasteiger partial charge in [-0.2, -0.15) is 0 Å². The van der Waals surface area contributed by atoms with Gasteiger partial charge in [0.05, 0.1) is 5.92 Å². The molecule has 0 spiro atoms. The zero-order valence-electron chi connectivity index (χ0n) is 20.4. The van der Waals surface area contributed by atoms with E-state index < -0.39 is 5.97 Å². The second-order valence-electron chi connectivity index (χ2n) is 9.81. The second kappa shape index (κ2) is 22.2. The van der Waals surface area contributed by atoms with Crippen molar-refractivity contribution >= 4 is 5.97 Å². The number of hydrogen-bond acceptors (Lipinski definition) is 1. The molecule has 0 fully saturated rings. The van der Waals surface area contributed by atoms with Crippen molar-refractivity contribution in [2.45, 2.75) is 156 Å². The first-order valence-corrected chi connectivity index (χ1v) is 13.3. The molecule has 1 unspecified atom stereocenters. The van der Waals surface area contributed by atoms with Gasteiger partial charge < -0.3 is 5.11 Å². The lowest BCUT2D eigenvalue weighted by Crippen LogP contribution is -2.14. The predicted molar refractivity (Wildman–Crippen MR) is 129 cm³/mol. The molecule has 174 valence electrons. The van der Waals surface area contributed by atoms with E-state index >= 15 is 0 Å². The summed E-state index contributed by atoms with van der Waals surface area (Å²) in [6, 6.07) is 0. The van der Waals surface area contributed by atoms with Gasteiger partial charge in [-0.3, -0.25) is 4.79 Å². The standard InChI is InChI=1S/C27H54O2/c1-4-5-6-7-8-9-10-11-12-13-14-15-16-17-18-19-20-21-22-26(27(28)29)24-23-25(2)3/h25-26H,4-24H2,1-3H3,(H,28,29). The smallest absolute Gasteiger partial charge is 0.306 e. The van der Waals surface area contributed by atoms with Gasteiger partial charge in [0.2, 0.25) is 0 Å². The third kappa shape index (κ3) is 22.0. The van der Waals surface area contributed by atoms with E-state index in [4.69, 9.17) is 0 Å². The van der Waals surface area contributed by atoms with Crippen LogP contribution in [0.5, 0.6) is 0 Å². The molecule has 0 aliphatic rings. The minimum atomic E-state index is -0.586. The Morgan fingerprint density at radius 2 is 0.897 bits per heavy atom. The highest BCUT2D eigenvalue weighted by molar-refractivity contribution is 5.69. The molecule has 1 N–H and O–H groups in total. The maximum absolute atomic E-state index is 11.3. The molecule has 0 radical (unpaired) electrons. The minimum absolute atomic E-state index is 0.113. The third-order valence-corrected chi connectivity index (χ3v) is 6.35. The molecule has 0 aromatic rings. The van der Waals surface area contributed by atoms with Gasteiger partial charge in [0.25, 0.3) is 0 Å². The summed E-state index contributed by atoms with van der Waals surface area (Å²) in [6.07, 6.45) is 27.6. The van der Waals surface area contributed by atoms with Crippen molar-refractivity contribution in [1.82, 2.24) is 0 Å². The van der Waals surface area contributed by atoms with Crippen molar-refractivity contribution in [2.75, 3.05) is 0 Å². The van der Waals surface area contributed by atoms with Crippen LogP contribution in [-0.4, -0.2) is 11.1 Å². The largest absolute Gasteiger partial charge is 0.481 e. The van der Waals surface area contributed by atoms with Crippen LogP contribution in [0, 0.1) is 11.8 Å². The average molecular weight is 411 g/mol. The van der Waals surface area contributed by atoms with Gasteiger partial charge in [-0.1, -0.05) is 143 Å². The van der Waals surface area contributed by atoms with Crippen LogP contribution in [0.4, 0.5) is 0 Å². The summed E-state index contributed by atoms with van der Waals surface area (Å²) < 4.78 is 0. The first-order valence-electron chi connectivity index (χ1n) is 13.3. The highest BCUT2D eigenvalue weighted by atomic mass is 16.4. The summed E-state index contributed by atoms with van der Waals surface area (Å²) >= 11 is 0. The molecular weight excluding hydrogens is 356 g/mol. The first kappa shape index (κ1) is 28.5. The number of unbranched alkanes of at least 4 members (excludes halogenated alkanes) is 17. The maximum Gasteiger partial charge on any atom is 0.306 e. The van der Waals surface area contributed by atoms with Gasteiger partial charge in [-0.05, 0) is 18.8 Å². The normalized spacial score (nSPS) is 12.6. The molecule has 0 aliphatic heterocycles. The van der Waals surface area contributed by atoms with Gasteiger partial charge >= 0.3 is 5.97 Å². The molecule has 0 aliphatic carbocycles. The van der Waals surface area contributed by atoms with E-state index in [-0.39, 0.29) is 5.92 Å². The van der Waals surface area contributed by atoms with E-state index in [0.29, 0.717) is 5.92 Å². The Hall–Kier alpha value is -0.530. The van der Waals surface area contributed by atoms with Crippen LogP contribution in [-0.2, 0) is 4.79 Å². The Balaban J connectivity index is 3.26. The Labute approximate surface area is 183 Å². The lowest BCUT2D eigenvalue weighted by Gasteiger charge is -2.13. The quantitative estimate of drug-likeness (QED) is 0.170. The van der Waals surface area contributed by atoms with Crippen LogP contribution < -0.4 is 0 Å². The van der Waals surface area contributed by atoms with E-state index in [1.807, 2.05) is 0 Å². The van der Waals surface area contributed by atoms with Crippen molar-refractivity contribution in [3.05, 3.63) is 0 Å². The molecule has 2 heteroatoms. The van der Waals surface area contributed by atoms with Crippen molar-refractivity contribution < 1.29 is 9.90 Å². The number of rotatable bonds is 23. The van der Waals surface area contributed by atoms with Gasteiger partial charge in [0, 0.05) is 0 Å². The summed E-state index contributed by atoms with van der Waals surface area (Å²) in [6.45, 7) is 6.64. The first-order chi connectivity index (χ1) is 14.1. The molecule has 29 heavy (non-hydrogen) atoms. The summed E-state index contributed by atoms with van der Waals surface area (Å²) in [5.74, 6) is -0.0896. The Morgan fingerprint density at radius 3 is 1.21 bits per heavy atom. The second-order valence-corrected chi connectivity index (χ2v) is 9.81. The number of hydrogen-bond donors (Lipinski definition) is 1. The fourth-order valence-electron chi connectivity index (χ4n) is 4.22. The van der Waals surface area contributed by atoms with Crippen LogP contribution in [0.1, 0.15) is 156 Å². The lowest BCUT2D eigenvalue weighted by atomic mass is 9.93. The molecular formula is C27H54O2. The molecule has 2 nitrogen and oxygen atoms in total. The Morgan fingerprint density at radius 1 is 0.552 bits per heavy atom. The highest BCUT2D eigenvalue weighted by Gasteiger charge is 2.16. The van der Waals surface area contributed by atoms with Crippen LogP contribution in [0.2, 0.25) is 0 Å². The Bertz CT molecular complexity index is 337. The SMILES string of the molecule is CCCCCCCCCCCCCCCCCCCCC(CCC(C)C)C(=O)O. The maximum atomic E-state index is 11.3. The predicted octanol–water partition coefficient (Wildman–Crippen LogP) is 9.56. The van der Waals surface area contributed by atoms with Crippen LogP contribution in [0.15, 0.2) is 0 Å². The number of carbonyl (C=O) groups is 1. The molecule has 0 aromatic heterocycles. The van der Waals surface area contributed by atoms with Crippen molar-refractivity contribution in [2.24, 2.45) is 11.8 Å². The molecule has 0 bridgehead atoms. The van der Waals surface area contributed by atoms with Crippen molar-refractivity contribution in [3.63, 3.8) is 0 Å². The fourth-order valence-corrected chi connectivity index (χ4v) is 4.22. The topological polar surface area (TPSA) is 37.3 Å². The number of carboxylic acid groups (broad SMARTS) is 1. The summed E-state index contributed by atoms with van der Waals surface area (Å²) in [5.41, 5.74) is 0. The van der Waals surface area contributed by atoms with Gasteiger partial charge in [-0.25, -0.2) is 0 Å². The van der Waals surface area contributed by atoms with Crippen LogP contribution in [0.25, 0.3) is 0 Å². The summed E-state index contributed by atoms with van der Waals surface area (Å²) in [4.78, 5) is 11.3. The minimum Gasteiger partial charge on any atom is -0.481 e. The third-order valence-electron chi connectivity index (χ3n) is 6.35. The average Bonchev–Trinajstić information content (AvgIpc) is 2.68. The van der Waals surface area contributed by atoms with Gasteiger partial charge in [-0.15, -0.1) is 0 Å². The number of carboxylic acids is 1. The van der Waals surface area contributed by atoms with Crippen molar-refractivity contribution in [1.29, 1.82) is 0 Å². The monoisotopic (exact) mass is 410 g/mol. The van der Waals surface area contributed by atoms with Gasteiger partial charge in [0.1, 0.15) is 0 Å². The lowest BCUT2D eigenvalue weighted by molar-refractivity contribution is -0.142. The van der Waals surface area contributed by atoms with E-state index in [1.54, 1.807) is 0 Å². The fraction of sp³-hybridized carbons (Fsp3) is 0.963. The van der Waals surface area contributed by atoms with E-state index in [0.717, 1.165) is 25.7 Å². The van der Waals surface area contributed by atoms with Crippen LogP contribution in [0.3, 0.4) is 0 Å². The molecule has 0 rings (SSSR count). The van der Waals surface area contributed by atoms with Crippen molar-refractivity contribution in [3.8, 4) is 0 Å². The molecule has 0 heterocycles. The molecule has 1 atom stereocenters. The zero-order chi connectivity index (χ0) is 21.6. The van der Waals surface area contributed by atoms with E-state index in [2.05, 4.69) is 20.8 Å². The molecule has 0 saturated heterocycles. The van der Waals surface area contributed by atoms with E-state index in [9.17, 15) is 9.90 Å². The summed E-state index contributed by atoms with van der Waals surface area (Å²) in [5, 5.41) is 9.33. The zero-order valence-corrected chi connectivity index (χ0v) is 20.4.